The number of aliphatic hydroxyl groups is 1. The van der Waals surface area contributed by atoms with E-state index in [0.29, 0.717) is 25.3 Å². The lowest BCUT2D eigenvalue weighted by molar-refractivity contribution is -0.146. The second-order valence-corrected chi connectivity index (χ2v) is 14.0. The maximum absolute atomic E-state index is 11.1. The van der Waals surface area contributed by atoms with Crippen LogP contribution in [0, 0.1) is 0 Å². The number of aromatic nitrogens is 1. The molecule has 5 nitrogen and oxygen atoms in total. The maximum atomic E-state index is 11.1. The lowest BCUT2D eigenvalue weighted by atomic mass is 9.72. The molecule has 2 rings (SSSR count). The third kappa shape index (κ3) is 5.31. The summed E-state index contributed by atoms with van der Waals surface area (Å²) in [5.74, 6) is 0.487. The number of pyridine rings is 1. The van der Waals surface area contributed by atoms with Gasteiger partial charge in [0, 0.05) is 31.2 Å². The Morgan fingerprint density at radius 2 is 1.96 bits per heavy atom. The zero-order valence-corrected chi connectivity index (χ0v) is 19.1. The van der Waals surface area contributed by atoms with E-state index in [-0.39, 0.29) is 11.1 Å². The van der Waals surface area contributed by atoms with E-state index in [0.717, 1.165) is 30.6 Å². The quantitative estimate of drug-likeness (QED) is 0.482. The highest BCUT2D eigenvalue weighted by atomic mass is 28.4. The van der Waals surface area contributed by atoms with Gasteiger partial charge in [-0.15, -0.1) is 0 Å². The van der Waals surface area contributed by atoms with E-state index in [4.69, 9.17) is 13.9 Å². The molecule has 1 aliphatic rings. The molecule has 1 aromatic heterocycles. The van der Waals surface area contributed by atoms with Crippen molar-refractivity contribution in [3.05, 3.63) is 23.4 Å². The summed E-state index contributed by atoms with van der Waals surface area (Å²) in [6.45, 7) is 14.6. The molecule has 0 bridgehead atoms. The van der Waals surface area contributed by atoms with Crippen LogP contribution in [0.5, 0.6) is 5.88 Å². The number of unbranched alkanes of at least 4 members (excludes halogenated alkanes) is 1. The molecule has 154 valence electrons. The Kier molecular flexibility index (Phi) is 7.11. The fourth-order valence-corrected chi connectivity index (χ4v) is 3.94. The highest BCUT2D eigenvalue weighted by Crippen LogP contribution is 2.46. The van der Waals surface area contributed by atoms with E-state index in [1.54, 1.807) is 13.3 Å². The van der Waals surface area contributed by atoms with Gasteiger partial charge in [-0.1, -0.05) is 34.1 Å². The van der Waals surface area contributed by atoms with Crippen LogP contribution in [0.2, 0.25) is 18.1 Å². The van der Waals surface area contributed by atoms with Crippen LogP contribution in [0.15, 0.2) is 12.3 Å². The molecule has 6 heteroatoms. The van der Waals surface area contributed by atoms with Gasteiger partial charge in [0.2, 0.25) is 5.88 Å². The number of rotatable bonds is 9. The average Bonchev–Trinajstić information content (AvgIpc) is 2.57. The van der Waals surface area contributed by atoms with Crippen molar-refractivity contribution in [2.24, 2.45) is 0 Å². The minimum absolute atomic E-state index is 0.110. The molecular weight excluding hydrogens is 358 g/mol. The van der Waals surface area contributed by atoms with Crippen molar-refractivity contribution in [2.45, 2.75) is 89.8 Å². The van der Waals surface area contributed by atoms with Crippen LogP contribution in [0.3, 0.4) is 0 Å². The molecule has 0 spiro atoms. The van der Waals surface area contributed by atoms with Crippen LogP contribution >= 0.6 is 0 Å². The van der Waals surface area contributed by atoms with Gasteiger partial charge in [-0.25, -0.2) is 4.98 Å². The van der Waals surface area contributed by atoms with Crippen molar-refractivity contribution in [1.29, 1.82) is 0 Å². The summed E-state index contributed by atoms with van der Waals surface area (Å²) in [4.78, 5) is 4.42. The van der Waals surface area contributed by atoms with E-state index in [9.17, 15) is 5.11 Å². The second kappa shape index (κ2) is 8.60. The molecule has 1 aromatic rings. The Balaban J connectivity index is 2.08. The fourth-order valence-electron chi connectivity index (χ4n) is 2.98. The first-order valence-corrected chi connectivity index (χ1v) is 12.9. The summed E-state index contributed by atoms with van der Waals surface area (Å²) in [6.07, 6.45) is 5.24. The van der Waals surface area contributed by atoms with Gasteiger partial charge in [0.25, 0.3) is 0 Å². The summed E-state index contributed by atoms with van der Waals surface area (Å²) >= 11 is 0. The van der Waals surface area contributed by atoms with E-state index < -0.39 is 13.9 Å². The van der Waals surface area contributed by atoms with Crippen LogP contribution in [-0.4, -0.2) is 38.2 Å². The predicted octanol–water partition coefficient (Wildman–Crippen LogP) is 4.78. The number of methoxy groups -OCH3 is 1. The third-order valence-electron chi connectivity index (χ3n) is 5.99. The molecule has 0 saturated heterocycles. The first kappa shape index (κ1) is 22.3. The molecule has 1 saturated carbocycles. The number of hydrogen-bond donors (Lipinski definition) is 1. The first-order valence-electron chi connectivity index (χ1n) is 10.0. The highest BCUT2D eigenvalue weighted by molar-refractivity contribution is 6.74. The van der Waals surface area contributed by atoms with Crippen LogP contribution < -0.4 is 4.74 Å². The molecule has 27 heavy (non-hydrogen) atoms. The van der Waals surface area contributed by atoms with Crippen LogP contribution in [-0.2, 0) is 21.4 Å². The predicted molar refractivity (Wildman–Crippen MR) is 111 cm³/mol. The van der Waals surface area contributed by atoms with Gasteiger partial charge in [-0.3, -0.25) is 0 Å². The Labute approximate surface area is 165 Å². The third-order valence-corrected chi connectivity index (χ3v) is 10.5. The Morgan fingerprint density at radius 1 is 1.30 bits per heavy atom. The normalized spacial score (nSPS) is 23.2. The first-order chi connectivity index (χ1) is 12.5. The average molecular weight is 396 g/mol. The van der Waals surface area contributed by atoms with Crippen LogP contribution in [0.1, 0.15) is 64.5 Å². The Hall–Kier alpha value is -0.953. The summed E-state index contributed by atoms with van der Waals surface area (Å²) in [5.41, 5.74) is 0.790. The molecule has 0 aromatic carbocycles. The van der Waals surface area contributed by atoms with Crippen molar-refractivity contribution in [3.8, 4) is 5.88 Å². The van der Waals surface area contributed by atoms with E-state index in [1.807, 2.05) is 6.07 Å². The van der Waals surface area contributed by atoms with Gasteiger partial charge in [0.15, 0.2) is 8.32 Å². The lowest BCUT2D eigenvalue weighted by Crippen LogP contribution is -2.46. The Bertz CT molecular complexity index is 621. The molecule has 0 atom stereocenters. The number of nitrogens with zero attached hydrogens (tertiary/aromatic N) is 1. The standard InChI is InChI=1S/C21H37NO4Si/c1-8-9-10-25-17-12-21(23,13-17)18-11-16(14-22-19(18)24-5)15-26-27(6,7)20(2,3)4/h11,14,17,23H,8-10,12-13,15H2,1-7H3. The van der Waals surface area contributed by atoms with E-state index >= 15 is 0 Å². The van der Waals surface area contributed by atoms with Gasteiger partial charge in [-0.2, -0.15) is 0 Å². The van der Waals surface area contributed by atoms with Gasteiger partial charge in [0.1, 0.15) is 0 Å². The molecular formula is C21H37NO4Si. The van der Waals surface area contributed by atoms with Crippen molar-refractivity contribution in [1.82, 2.24) is 4.98 Å². The highest BCUT2D eigenvalue weighted by Gasteiger charge is 2.47. The van der Waals surface area contributed by atoms with Crippen molar-refractivity contribution in [2.75, 3.05) is 13.7 Å². The summed E-state index contributed by atoms with van der Waals surface area (Å²) in [6, 6.07) is 1.99. The van der Waals surface area contributed by atoms with Gasteiger partial charge >= 0.3 is 0 Å². The summed E-state index contributed by atoms with van der Waals surface area (Å²) < 4.78 is 17.6. The summed E-state index contributed by atoms with van der Waals surface area (Å²) in [7, 11) is -0.246. The zero-order chi connectivity index (χ0) is 20.3. The van der Waals surface area contributed by atoms with Crippen molar-refractivity contribution < 1.29 is 19.0 Å². The largest absolute Gasteiger partial charge is 0.481 e. The van der Waals surface area contributed by atoms with E-state index in [1.165, 1.54) is 0 Å². The van der Waals surface area contributed by atoms with Gasteiger partial charge in [0.05, 0.1) is 25.4 Å². The minimum Gasteiger partial charge on any atom is -0.481 e. The van der Waals surface area contributed by atoms with Crippen molar-refractivity contribution >= 4 is 8.32 Å². The van der Waals surface area contributed by atoms with Crippen LogP contribution in [0.25, 0.3) is 0 Å². The van der Waals surface area contributed by atoms with Gasteiger partial charge < -0.3 is 19.0 Å². The SMILES string of the molecule is CCCCOC1CC(O)(c2cc(CO[Si](C)(C)C(C)(C)C)cnc2OC)C1. The molecule has 0 amide bonds. The smallest absolute Gasteiger partial charge is 0.219 e. The van der Waals surface area contributed by atoms with Crippen LogP contribution in [0.4, 0.5) is 0 Å². The molecule has 0 aliphatic heterocycles. The summed E-state index contributed by atoms with van der Waals surface area (Å²) in [5, 5.41) is 11.2. The number of hydrogen-bond acceptors (Lipinski definition) is 5. The molecule has 0 unspecified atom stereocenters. The molecule has 0 radical (unpaired) electrons. The topological polar surface area (TPSA) is 60.8 Å². The van der Waals surface area contributed by atoms with E-state index in [2.05, 4.69) is 45.8 Å². The van der Waals surface area contributed by atoms with Crippen molar-refractivity contribution in [3.63, 3.8) is 0 Å². The fraction of sp³-hybridized carbons (Fsp3) is 0.762. The molecule has 1 aliphatic carbocycles. The second-order valence-electron chi connectivity index (χ2n) is 9.24. The van der Waals surface area contributed by atoms with Gasteiger partial charge in [-0.05, 0) is 36.2 Å². The minimum atomic E-state index is -1.84. The molecule has 1 N–H and O–H groups in total. The lowest BCUT2D eigenvalue weighted by Gasteiger charge is -2.44. The molecule has 1 fully saturated rings. The molecule has 1 heterocycles. The monoisotopic (exact) mass is 395 g/mol. The zero-order valence-electron chi connectivity index (χ0n) is 18.1. The Morgan fingerprint density at radius 3 is 2.52 bits per heavy atom. The number of ether oxygens (including phenoxy) is 2. The maximum Gasteiger partial charge on any atom is 0.219 e.